The summed E-state index contributed by atoms with van der Waals surface area (Å²) in [6, 6.07) is 3.68. The normalized spacial score (nSPS) is 21.8. The number of rotatable bonds is 6. The second-order valence-electron chi connectivity index (χ2n) is 10.9. The van der Waals surface area contributed by atoms with Crippen LogP contribution in [0.2, 0.25) is 0 Å². The molecule has 0 spiro atoms. The number of carbonyl (C=O) groups excluding carboxylic acids is 1. The maximum Gasteiger partial charge on any atom is 0.409 e. The number of ether oxygens (including phenoxy) is 2. The Bertz CT molecular complexity index is 1230. The first-order chi connectivity index (χ1) is 16.8. The van der Waals surface area contributed by atoms with Gasteiger partial charge in [0.2, 0.25) is 5.88 Å². The number of halogens is 1. The van der Waals surface area contributed by atoms with Gasteiger partial charge in [-0.25, -0.2) is 27.6 Å². The number of fused-ring (bicyclic) bond motifs is 2. The summed E-state index contributed by atoms with van der Waals surface area (Å²) in [6.45, 7) is 9.35. The van der Waals surface area contributed by atoms with E-state index in [4.69, 9.17) is 9.47 Å². The fourth-order valence-electron chi connectivity index (χ4n) is 4.65. The summed E-state index contributed by atoms with van der Waals surface area (Å²) in [5.41, 5.74) is 0.609. The van der Waals surface area contributed by atoms with Crippen LogP contribution >= 0.6 is 0 Å². The van der Waals surface area contributed by atoms with Gasteiger partial charge >= 0.3 is 6.09 Å². The lowest BCUT2D eigenvalue weighted by Crippen LogP contribution is -2.50. The van der Waals surface area contributed by atoms with Crippen molar-refractivity contribution in [3.05, 3.63) is 35.9 Å². The van der Waals surface area contributed by atoms with Crippen LogP contribution in [-0.2, 0) is 14.6 Å². The third kappa shape index (κ3) is 5.88. The van der Waals surface area contributed by atoms with Gasteiger partial charge < -0.3 is 19.7 Å². The maximum atomic E-state index is 14.6. The Morgan fingerprint density at radius 1 is 1.19 bits per heavy atom. The van der Waals surface area contributed by atoms with E-state index in [1.165, 1.54) is 18.5 Å². The van der Waals surface area contributed by atoms with Gasteiger partial charge in [0.15, 0.2) is 9.84 Å². The third-order valence-corrected chi connectivity index (χ3v) is 7.65. The molecule has 2 atom stereocenters. The van der Waals surface area contributed by atoms with Crippen LogP contribution in [0.5, 0.6) is 5.88 Å². The van der Waals surface area contributed by atoms with Crippen molar-refractivity contribution >= 4 is 27.4 Å². The van der Waals surface area contributed by atoms with Gasteiger partial charge in [-0.3, -0.25) is 0 Å². The molecule has 0 radical (unpaired) electrons. The number of likely N-dealkylation sites (tertiary alicyclic amines) is 1. The summed E-state index contributed by atoms with van der Waals surface area (Å²) in [4.78, 5) is 22.8. The van der Waals surface area contributed by atoms with Crippen molar-refractivity contribution in [1.29, 1.82) is 0 Å². The Labute approximate surface area is 211 Å². The Kier molecular flexibility index (Phi) is 7.14. The molecule has 11 heteroatoms. The van der Waals surface area contributed by atoms with Gasteiger partial charge in [0.05, 0.1) is 22.8 Å². The number of amides is 1. The van der Waals surface area contributed by atoms with Gasteiger partial charge in [-0.05, 0) is 43.4 Å². The van der Waals surface area contributed by atoms with Crippen LogP contribution in [-0.4, -0.2) is 61.4 Å². The number of piperidine rings is 1. The Morgan fingerprint density at radius 3 is 2.44 bits per heavy atom. The molecule has 1 N–H and O–H groups in total. The highest BCUT2D eigenvalue weighted by molar-refractivity contribution is 7.90. The lowest BCUT2D eigenvalue weighted by Gasteiger charge is -2.37. The van der Waals surface area contributed by atoms with Gasteiger partial charge in [-0.1, -0.05) is 20.8 Å². The van der Waals surface area contributed by atoms with Crippen molar-refractivity contribution < 1.29 is 27.1 Å². The molecule has 2 bridgehead atoms. The fraction of sp³-hybridized carbons (Fsp3) is 0.560. The number of benzene rings is 1. The first-order valence-corrected chi connectivity index (χ1v) is 13.9. The van der Waals surface area contributed by atoms with Crippen LogP contribution in [0.3, 0.4) is 0 Å². The molecule has 9 nitrogen and oxygen atoms in total. The Hall–Kier alpha value is -2.95. The summed E-state index contributed by atoms with van der Waals surface area (Å²) in [7, 11) is -3.52. The van der Waals surface area contributed by atoms with E-state index in [9.17, 15) is 17.6 Å². The Morgan fingerprint density at radius 2 is 1.86 bits per heavy atom. The molecule has 4 rings (SSSR count). The van der Waals surface area contributed by atoms with Crippen LogP contribution < -0.4 is 10.1 Å². The standard InChI is InChI=1S/C25H33FN4O5S/c1-15-22(29-20-9-8-18(10-19(20)26)36(5,32)33)27-14-28-23(15)35-21-16-6-7-17(21)12-30(11-16)24(31)34-13-25(2,3)4/h8-10,14,16-17,21H,6-7,11-13H2,1-5H3,(H,27,28,29). The Balaban J connectivity index is 1.44. The van der Waals surface area contributed by atoms with Gasteiger partial charge in [-0.2, -0.15) is 0 Å². The molecule has 2 aromatic rings. The minimum Gasteiger partial charge on any atom is -0.473 e. The van der Waals surface area contributed by atoms with Gasteiger partial charge in [0, 0.05) is 31.2 Å². The summed E-state index contributed by atoms with van der Waals surface area (Å²) in [5.74, 6) is 0.380. The van der Waals surface area contributed by atoms with Crippen LogP contribution in [0.25, 0.3) is 0 Å². The first kappa shape index (κ1) is 26.1. The number of nitrogens with zero attached hydrogens (tertiary/aromatic N) is 3. The lowest BCUT2D eigenvalue weighted by atomic mass is 9.95. The molecule has 36 heavy (non-hydrogen) atoms. The van der Waals surface area contributed by atoms with E-state index >= 15 is 0 Å². The minimum atomic E-state index is -3.52. The van der Waals surface area contributed by atoms with Gasteiger partial charge in [0.1, 0.15) is 24.1 Å². The molecule has 196 valence electrons. The summed E-state index contributed by atoms with van der Waals surface area (Å²) >= 11 is 0. The maximum absolute atomic E-state index is 14.6. The molecule has 1 aromatic carbocycles. The summed E-state index contributed by atoms with van der Waals surface area (Å²) in [5, 5.41) is 2.91. The predicted molar refractivity (Wildman–Crippen MR) is 133 cm³/mol. The van der Waals surface area contributed by atoms with E-state index in [0.29, 0.717) is 37.0 Å². The van der Waals surface area contributed by atoms with Crippen LogP contribution in [0.15, 0.2) is 29.4 Å². The second kappa shape index (κ2) is 9.84. The fourth-order valence-corrected chi connectivity index (χ4v) is 5.28. The monoisotopic (exact) mass is 520 g/mol. The topological polar surface area (TPSA) is 111 Å². The lowest BCUT2D eigenvalue weighted by molar-refractivity contribution is 0.0150. The zero-order valence-corrected chi connectivity index (χ0v) is 22.1. The van der Waals surface area contributed by atoms with Crippen LogP contribution in [0.1, 0.15) is 39.2 Å². The summed E-state index contributed by atoms with van der Waals surface area (Å²) < 4.78 is 49.8. The number of sulfone groups is 1. The molecule has 2 aliphatic rings. The number of aromatic nitrogens is 2. The minimum absolute atomic E-state index is 0.0922. The van der Waals surface area contributed by atoms with Crippen molar-refractivity contribution in [3.8, 4) is 5.88 Å². The second-order valence-corrected chi connectivity index (χ2v) is 12.9. The number of anilines is 2. The van der Waals surface area contributed by atoms with E-state index in [1.54, 1.807) is 11.8 Å². The van der Waals surface area contributed by atoms with Crippen molar-refractivity contribution in [3.63, 3.8) is 0 Å². The summed E-state index contributed by atoms with van der Waals surface area (Å²) in [6.07, 6.45) is 3.89. The largest absolute Gasteiger partial charge is 0.473 e. The van der Waals surface area contributed by atoms with Crippen molar-refractivity contribution in [2.75, 3.05) is 31.3 Å². The molecule has 1 aliphatic carbocycles. The molecule has 2 fully saturated rings. The molecule has 1 amide bonds. The average molecular weight is 521 g/mol. The molecular weight excluding hydrogens is 487 g/mol. The quantitative estimate of drug-likeness (QED) is 0.599. The smallest absolute Gasteiger partial charge is 0.409 e. The van der Waals surface area contributed by atoms with Gasteiger partial charge in [-0.15, -0.1) is 0 Å². The number of carbonyl (C=O) groups is 1. The molecule has 1 saturated carbocycles. The van der Waals surface area contributed by atoms with E-state index in [2.05, 4.69) is 15.3 Å². The third-order valence-electron chi connectivity index (χ3n) is 6.54. The van der Waals surface area contributed by atoms with Crippen LogP contribution in [0, 0.1) is 30.0 Å². The molecule has 2 unspecified atom stereocenters. The highest BCUT2D eigenvalue weighted by atomic mass is 32.2. The number of nitrogens with one attached hydrogen (secondary N) is 1. The van der Waals surface area contributed by atoms with Crippen LogP contribution in [0.4, 0.5) is 20.7 Å². The van der Waals surface area contributed by atoms with Crippen molar-refractivity contribution in [2.45, 2.75) is 51.5 Å². The molecule has 1 aromatic heterocycles. The van der Waals surface area contributed by atoms with E-state index in [-0.39, 0.29) is 40.0 Å². The van der Waals surface area contributed by atoms with Gasteiger partial charge in [0.25, 0.3) is 0 Å². The van der Waals surface area contributed by atoms with E-state index in [0.717, 1.165) is 25.2 Å². The van der Waals surface area contributed by atoms with E-state index in [1.807, 2.05) is 20.8 Å². The SMILES string of the molecule is Cc1c(Nc2ccc(S(C)(=O)=O)cc2F)ncnc1OC1C2CCC1CN(C(=O)OCC(C)(C)C)C2. The average Bonchev–Trinajstić information content (AvgIpc) is 3.00. The molecule has 2 heterocycles. The van der Waals surface area contributed by atoms with Crippen molar-refractivity contribution in [2.24, 2.45) is 17.3 Å². The zero-order chi connectivity index (χ0) is 26.3. The van der Waals surface area contributed by atoms with Crippen molar-refractivity contribution in [1.82, 2.24) is 14.9 Å². The predicted octanol–water partition coefficient (Wildman–Crippen LogP) is 4.34. The van der Waals surface area contributed by atoms with E-state index < -0.39 is 15.7 Å². The molecular formula is C25H33FN4O5S. The highest BCUT2D eigenvalue weighted by Crippen LogP contribution is 2.40. The number of hydrogen-bond donors (Lipinski definition) is 1. The zero-order valence-electron chi connectivity index (χ0n) is 21.2. The number of hydrogen-bond acceptors (Lipinski definition) is 8. The highest BCUT2D eigenvalue weighted by Gasteiger charge is 2.45. The first-order valence-electron chi connectivity index (χ1n) is 12.0. The molecule has 1 aliphatic heterocycles. The molecule has 1 saturated heterocycles.